The predicted molar refractivity (Wildman–Crippen MR) is 142 cm³/mol. The van der Waals surface area contributed by atoms with E-state index in [1.165, 1.54) is 12.1 Å². The van der Waals surface area contributed by atoms with Crippen LogP contribution in [0.5, 0.6) is 0 Å². The Bertz CT molecular complexity index is 1500. The van der Waals surface area contributed by atoms with Gasteiger partial charge in [-0.1, -0.05) is 60.7 Å². The molecule has 5 rings (SSSR count). The van der Waals surface area contributed by atoms with E-state index in [0.29, 0.717) is 17.5 Å². The molecule has 9 heteroatoms. The number of aromatic nitrogens is 2. The molecule has 2 unspecified atom stereocenters. The minimum Gasteiger partial charge on any atom is -0.478 e. The quantitative estimate of drug-likeness (QED) is 0.424. The van der Waals surface area contributed by atoms with Crippen LogP contribution < -0.4 is 10.6 Å². The number of allylic oxidation sites excluding steroid dienone is 1. The highest BCUT2D eigenvalue weighted by molar-refractivity contribution is 5.98. The number of hydrogen-bond donors (Lipinski definition) is 3. The lowest BCUT2D eigenvalue weighted by molar-refractivity contribution is -0.132. The Morgan fingerprint density at radius 3 is 2.46 bits per heavy atom. The van der Waals surface area contributed by atoms with Crippen molar-refractivity contribution in [1.82, 2.24) is 20.6 Å². The maximum atomic E-state index is 13.6. The molecule has 1 aromatic heterocycles. The SMILES string of the molecule is Cc1cc(CNC(=O)c2cc(C(=O)N[C@H]3CCC4C=C(C(=O)O)C=CC43)nc(-c3ccccc3)n2)ccc1F. The van der Waals surface area contributed by atoms with E-state index >= 15 is 0 Å². The van der Waals surface area contributed by atoms with Gasteiger partial charge in [-0.05, 0) is 42.9 Å². The van der Waals surface area contributed by atoms with Crippen molar-refractivity contribution in [3.8, 4) is 11.4 Å². The van der Waals surface area contributed by atoms with E-state index in [1.54, 1.807) is 43.3 Å². The zero-order valence-electron chi connectivity index (χ0n) is 21.2. The Morgan fingerprint density at radius 2 is 1.74 bits per heavy atom. The van der Waals surface area contributed by atoms with Crippen molar-refractivity contribution in [1.29, 1.82) is 0 Å². The van der Waals surface area contributed by atoms with Gasteiger partial charge in [0.25, 0.3) is 11.8 Å². The van der Waals surface area contributed by atoms with E-state index in [4.69, 9.17) is 0 Å². The van der Waals surface area contributed by atoms with Crippen molar-refractivity contribution >= 4 is 17.8 Å². The summed E-state index contributed by atoms with van der Waals surface area (Å²) in [5, 5.41) is 15.1. The summed E-state index contributed by atoms with van der Waals surface area (Å²) >= 11 is 0. The minimum absolute atomic E-state index is 0.0191. The molecule has 0 aliphatic heterocycles. The second-order valence-electron chi connectivity index (χ2n) is 9.78. The third kappa shape index (κ3) is 5.77. The molecular formula is C30H27FN4O4. The van der Waals surface area contributed by atoms with Crippen LogP contribution in [0.2, 0.25) is 0 Å². The van der Waals surface area contributed by atoms with Gasteiger partial charge in [-0.15, -0.1) is 0 Å². The molecule has 2 aliphatic carbocycles. The summed E-state index contributed by atoms with van der Waals surface area (Å²) in [6.07, 6.45) is 6.62. The predicted octanol–water partition coefficient (Wildman–Crippen LogP) is 4.23. The molecular weight excluding hydrogens is 499 g/mol. The molecule has 3 aromatic rings. The van der Waals surface area contributed by atoms with Gasteiger partial charge in [-0.2, -0.15) is 0 Å². The molecule has 198 valence electrons. The number of carboxylic acid groups (broad SMARTS) is 1. The van der Waals surface area contributed by atoms with Crippen molar-refractivity contribution < 1.29 is 23.9 Å². The Balaban J connectivity index is 1.37. The lowest BCUT2D eigenvalue weighted by Gasteiger charge is -2.24. The first kappa shape index (κ1) is 26.0. The highest BCUT2D eigenvalue weighted by Crippen LogP contribution is 2.38. The minimum atomic E-state index is -0.966. The van der Waals surface area contributed by atoms with E-state index in [1.807, 2.05) is 24.3 Å². The van der Waals surface area contributed by atoms with Gasteiger partial charge < -0.3 is 15.7 Å². The van der Waals surface area contributed by atoms with Gasteiger partial charge in [0.1, 0.15) is 17.2 Å². The molecule has 2 aromatic carbocycles. The molecule has 3 N–H and O–H groups in total. The molecule has 0 spiro atoms. The summed E-state index contributed by atoms with van der Waals surface area (Å²) in [5.41, 5.74) is 2.20. The Hall–Kier alpha value is -4.66. The smallest absolute Gasteiger partial charge is 0.335 e. The lowest BCUT2D eigenvalue weighted by Crippen LogP contribution is -2.39. The maximum absolute atomic E-state index is 13.6. The first-order valence-electron chi connectivity index (χ1n) is 12.7. The van der Waals surface area contributed by atoms with Crippen molar-refractivity contribution in [2.45, 2.75) is 32.4 Å². The largest absolute Gasteiger partial charge is 0.478 e. The number of carboxylic acids is 1. The van der Waals surface area contributed by atoms with E-state index in [-0.39, 0.29) is 53.0 Å². The maximum Gasteiger partial charge on any atom is 0.335 e. The standard InChI is InChI=1S/C30H27FN4O4/c1-17-13-18(7-11-23(17)31)16-32-28(36)25-15-26(34-27(33-25)19-5-3-2-4-6-19)29(37)35-24-12-9-20-14-21(30(38)39)8-10-22(20)24/h2-8,10-11,13-15,20,22,24H,9,12,16H2,1H3,(H,32,36)(H,35,37)(H,38,39)/t20?,22?,24-/m0/s1. The molecule has 2 aliphatic rings. The average molecular weight is 527 g/mol. The summed E-state index contributed by atoms with van der Waals surface area (Å²) in [6.45, 7) is 1.81. The molecule has 0 saturated heterocycles. The van der Waals surface area contributed by atoms with E-state index in [0.717, 1.165) is 12.0 Å². The first-order chi connectivity index (χ1) is 18.8. The van der Waals surface area contributed by atoms with Gasteiger partial charge in [-0.3, -0.25) is 9.59 Å². The summed E-state index contributed by atoms with van der Waals surface area (Å²) in [7, 11) is 0. The summed E-state index contributed by atoms with van der Waals surface area (Å²) < 4.78 is 13.6. The van der Waals surface area contributed by atoms with Crippen LogP contribution in [-0.4, -0.2) is 38.9 Å². The highest BCUT2D eigenvalue weighted by Gasteiger charge is 2.37. The third-order valence-corrected chi connectivity index (χ3v) is 7.12. The van der Waals surface area contributed by atoms with Gasteiger partial charge in [0.2, 0.25) is 0 Å². The van der Waals surface area contributed by atoms with E-state index in [9.17, 15) is 23.9 Å². The summed E-state index contributed by atoms with van der Waals surface area (Å²) in [6, 6.07) is 14.8. The molecule has 1 heterocycles. The summed E-state index contributed by atoms with van der Waals surface area (Å²) in [5.74, 6) is -1.96. The number of fused-ring (bicyclic) bond motifs is 1. The Labute approximate surface area is 224 Å². The van der Waals surface area contributed by atoms with Gasteiger partial charge in [-0.25, -0.2) is 19.2 Å². The number of hydrogen-bond acceptors (Lipinski definition) is 5. The molecule has 1 fully saturated rings. The fourth-order valence-corrected chi connectivity index (χ4v) is 5.07. The molecule has 2 amide bonds. The van der Waals surface area contributed by atoms with Gasteiger partial charge in [0.05, 0.1) is 5.57 Å². The van der Waals surface area contributed by atoms with Crippen LogP contribution in [-0.2, 0) is 11.3 Å². The van der Waals surface area contributed by atoms with Crippen molar-refractivity contribution in [3.05, 3.63) is 107 Å². The molecule has 1 saturated carbocycles. The average Bonchev–Trinajstić information content (AvgIpc) is 3.35. The van der Waals surface area contributed by atoms with E-state index in [2.05, 4.69) is 20.6 Å². The zero-order chi connectivity index (χ0) is 27.5. The fourth-order valence-electron chi connectivity index (χ4n) is 5.07. The van der Waals surface area contributed by atoms with Crippen LogP contribution in [0.15, 0.2) is 78.4 Å². The summed E-state index contributed by atoms with van der Waals surface area (Å²) in [4.78, 5) is 46.6. The van der Waals surface area contributed by atoms with Gasteiger partial charge in [0.15, 0.2) is 5.82 Å². The number of carbonyl (C=O) groups is 3. The fraction of sp³-hybridized carbons (Fsp3) is 0.233. The number of nitrogens with one attached hydrogen (secondary N) is 2. The Kier molecular flexibility index (Phi) is 7.31. The topological polar surface area (TPSA) is 121 Å². The molecule has 8 nitrogen and oxygen atoms in total. The van der Waals surface area contributed by atoms with E-state index < -0.39 is 17.8 Å². The molecule has 0 radical (unpaired) electrons. The van der Waals surface area contributed by atoms with Gasteiger partial charge >= 0.3 is 5.97 Å². The van der Waals surface area contributed by atoms with Crippen molar-refractivity contribution in [2.24, 2.45) is 11.8 Å². The van der Waals surface area contributed by atoms with Crippen LogP contribution in [0.25, 0.3) is 11.4 Å². The molecule has 0 bridgehead atoms. The monoisotopic (exact) mass is 526 g/mol. The van der Waals surface area contributed by atoms with Crippen molar-refractivity contribution in [2.75, 3.05) is 0 Å². The Morgan fingerprint density at radius 1 is 1.00 bits per heavy atom. The molecule has 3 atom stereocenters. The molecule has 39 heavy (non-hydrogen) atoms. The van der Waals surface area contributed by atoms with Crippen LogP contribution >= 0.6 is 0 Å². The number of nitrogens with zero attached hydrogens (tertiary/aromatic N) is 2. The van der Waals surface area contributed by atoms with Crippen LogP contribution in [0.4, 0.5) is 4.39 Å². The zero-order valence-corrected chi connectivity index (χ0v) is 21.2. The first-order valence-corrected chi connectivity index (χ1v) is 12.7. The third-order valence-electron chi connectivity index (χ3n) is 7.12. The second kappa shape index (κ2) is 11.0. The lowest BCUT2D eigenvalue weighted by atomic mass is 9.87. The highest BCUT2D eigenvalue weighted by atomic mass is 19.1. The number of carbonyl (C=O) groups excluding carboxylic acids is 2. The number of aryl methyl sites for hydroxylation is 1. The van der Waals surface area contributed by atoms with Crippen molar-refractivity contribution in [3.63, 3.8) is 0 Å². The second-order valence-corrected chi connectivity index (χ2v) is 9.78. The van der Waals surface area contributed by atoms with Crippen LogP contribution in [0, 0.1) is 24.6 Å². The normalized spacial score (nSPS) is 19.6. The number of halogens is 1. The number of aliphatic carboxylic acids is 1. The number of rotatable bonds is 7. The van der Waals surface area contributed by atoms with Crippen LogP contribution in [0.1, 0.15) is 44.9 Å². The number of benzene rings is 2. The van der Waals surface area contributed by atoms with Crippen LogP contribution in [0.3, 0.4) is 0 Å². The number of amides is 2. The van der Waals surface area contributed by atoms with Gasteiger partial charge in [0, 0.05) is 30.1 Å².